The molecular formula is C24H32N6O2. The van der Waals surface area contributed by atoms with E-state index in [1.54, 1.807) is 0 Å². The maximum Gasteiger partial charge on any atom is 0.318 e. The van der Waals surface area contributed by atoms with Gasteiger partial charge in [0.25, 0.3) is 0 Å². The third kappa shape index (κ3) is 4.10. The summed E-state index contributed by atoms with van der Waals surface area (Å²) < 4.78 is 2.24. The molecule has 32 heavy (non-hydrogen) atoms. The molecule has 8 heteroatoms. The summed E-state index contributed by atoms with van der Waals surface area (Å²) in [5, 5.41) is 12.0. The Morgan fingerprint density at radius 1 is 1.00 bits per heavy atom. The van der Waals surface area contributed by atoms with E-state index in [4.69, 9.17) is 0 Å². The van der Waals surface area contributed by atoms with Gasteiger partial charge in [0, 0.05) is 45.1 Å². The largest absolute Gasteiger partial charge is 0.338 e. The highest BCUT2D eigenvalue weighted by atomic mass is 16.2. The molecule has 0 bridgehead atoms. The Kier molecular flexibility index (Phi) is 5.85. The summed E-state index contributed by atoms with van der Waals surface area (Å²) in [6.07, 6.45) is 6.56. The van der Waals surface area contributed by atoms with Gasteiger partial charge < -0.3 is 19.7 Å². The fourth-order valence-corrected chi connectivity index (χ4v) is 5.30. The minimum atomic E-state index is -0.0909. The lowest BCUT2D eigenvalue weighted by Gasteiger charge is -2.34. The number of carbonyl (C=O) groups is 2. The van der Waals surface area contributed by atoms with Gasteiger partial charge in [0.2, 0.25) is 5.91 Å². The van der Waals surface area contributed by atoms with E-state index in [2.05, 4.69) is 20.1 Å². The van der Waals surface area contributed by atoms with Crippen molar-refractivity contribution < 1.29 is 9.59 Å². The number of benzene rings is 1. The Morgan fingerprint density at radius 3 is 2.44 bits per heavy atom. The minimum absolute atomic E-state index is 0.0686. The summed E-state index contributed by atoms with van der Waals surface area (Å²) in [6.45, 7) is 5.45. The molecule has 1 unspecified atom stereocenters. The number of nitrogens with zero attached hydrogens (tertiary/aromatic N) is 5. The van der Waals surface area contributed by atoms with Crippen molar-refractivity contribution in [3.8, 4) is 0 Å². The maximum absolute atomic E-state index is 12.9. The molecule has 2 fully saturated rings. The van der Waals surface area contributed by atoms with E-state index >= 15 is 0 Å². The van der Waals surface area contributed by atoms with Gasteiger partial charge in [-0.15, -0.1) is 10.2 Å². The molecule has 1 aromatic heterocycles. The SMILES string of the molecule is CC1c2nnc(C3CCCC3)n2CCN1C(=O)NCc1ccc(CN2CCCC2=O)cc1. The van der Waals surface area contributed by atoms with Crippen molar-refractivity contribution in [2.24, 2.45) is 0 Å². The van der Waals surface area contributed by atoms with Gasteiger partial charge in [-0.2, -0.15) is 0 Å². The molecule has 1 saturated heterocycles. The van der Waals surface area contributed by atoms with Crippen LogP contribution in [0.4, 0.5) is 4.79 Å². The van der Waals surface area contributed by atoms with Gasteiger partial charge >= 0.3 is 6.03 Å². The fourth-order valence-electron chi connectivity index (χ4n) is 5.30. The second-order valence-electron chi connectivity index (χ2n) is 9.31. The molecular weight excluding hydrogens is 404 g/mol. The minimum Gasteiger partial charge on any atom is -0.338 e. The van der Waals surface area contributed by atoms with Crippen LogP contribution in [0.15, 0.2) is 24.3 Å². The first-order valence-corrected chi connectivity index (χ1v) is 11.9. The molecule has 3 heterocycles. The Hall–Kier alpha value is -2.90. The normalized spacial score (nSPS) is 21.3. The first kappa shape index (κ1) is 21.0. The summed E-state index contributed by atoms with van der Waals surface area (Å²) in [4.78, 5) is 28.5. The Morgan fingerprint density at radius 2 is 1.72 bits per heavy atom. The first-order chi connectivity index (χ1) is 15.6. The van der Waals surface area contributed by atoms with E-state index < -0.39 is 0 Å². The summed E-state index contributed by atoms with van der Waals surface area (Å²) in [6, 6.07) is 7.99. The van der Waals surface area contributed by atoms with Crippen LogP contribution in [0.3, 0.4) is 0 Å². The lowest BCUT2D eigenvalue weighted by molar-refractivity contribution is -0.128. The highest BCUT2D eigenvalue weighted by Gasteiger charge is 2.33. The third-order valence-corrected chi connectivity index (χ3v) is 7.21. The highest BCUT2D eigenvalue weighted by Crippen LogP contribution is 2.35. The number of carbonyl (C=O) groups excluding carboxylic acids is 2. The lowest BCUT2D eigenvalue weighted by Crippen LogP contribution is -2.46. The Bertz CT molecular complexity index is 979. The van der Waals surface area contributed by atoms with E-state index in [0.717, 1.165) is 42.3 Å². The lowest BCUT2D eigenvalue weighted by atomic mass is 10.1. The van der Waals surface area contributed by atoms with Gasteiger partial charge in [0.05, 0.1) is 6.04 Å². The van der Waals surface area contributed by atoms with Crippen molar-refractivity contribution in [1.29, 1.82) is 0 Å². The van der Waals surface area contributed by atoms with Crippen LogP contribution in [0.5, 0.6) is 0 Å². The van der Waals surface area contributed by atoms with Crippen LogP contribution < -0.4 is 5.32 Å². The molecule has 2 aromatic rings. The van der Waals surface area contributed by atoms with Crippen molar-refractivity contribution >= 4 is 11.9 Å². The van der Waals surface area contributed by atoms with E-state index in [9.17, 15) is 9.59 Å². The van der Waals surface area contributed by atoms with Crippen LogP contribution in [-0.4, -0.2) is 49.6 Å². The van der Waals surface area contributed by atoms with Gasteiger partial charge in [0.1, 0.15) is 5.82 Å². The number of nitrogens with one attached hydrogen (secondary N) is 1. The third-order valence-electron chi connectivity index (χ3n) is 7.21. The molecule has 1 saturated carbocycles. The number of likely N-dealkylation sites (tertiary alicyclic amines) is 1. The van der Waals surface area contributed by atoms with Gasteiger partial charge in [-0.25, -0.2) is 4.79 Å². The average molecular weight is 437 g/mol. The van der Waals surface area contributed by atoms with Gasteiger partial charge in [-0.1, -0.05) is 37.1 Å². The summed E-state index contributed by atoms with van der Waals surface area (Å²) in [7, 11) is 0. The molecule has 1 N–H and O–H groups in total. The zero-order valence-corrected chi connectivity index (χ0v) is 18.8. The molecule has 1 aliphatic carbocycles. The number of amides is 3. The van der Waals surface area contributed by atoms with Crippen molar-refractivity contribution in [1.82, 2.24) is 29.9 Å². The molecule has 1 atom stereocenters. The topological polar surface area (TPSA) is 83.4 Å². The van der Waals surface area contributed by atoms with E-state index in [0.29, 0.717) is 32.0 Å². The monoisotopic (exact) mass is 436 g/mol. The van der Waals surface area contributed by atoms with Crippen molar-refractivity contribution in [3.05, 3.63) is 47.0 Å². The number of urea groups is 1. The van der Waals surface area contributed by atoms with Gasteiger partial charge in [0.15, 0.2) is 5.82 Å². The van der Waals surface area contributed by atoms with Crippen LogP contribution >= 0.6 is 0 Å². The van der Waals surface area contributed by atoms with Crippen LogP contribution in [-0.2, 0) is 24.4 Å². The van der Waals surface area contributed by atoms with Crippen molar-refractivity contribution in [2.45, 2.75) is 77.0 Å². The van der Waals surface area contributed by atoms with Crippen LogP contribution in [0.25, 0.3) is 0 Å². The van der Waals surface area contributed by atoms with E-state index in [1.807, 2.05) is 41.0 Å². The molecule has 2 aliphatic heterocycles. The van der Waals surface area contributed by atoms with Crippen LogP contribution in [0.2, 0.25) is 0 Å². The zero-order chi connectivity index (χ0) is 22.1. The molecule has 3 aliphatic rings. The number of rotatable bonds is 5. The molecule has 3 amide bonds. The predicted octanol–water partition coefficient (Wildman–Crippen LogP) is 3.34. The molecule has 1 aromatic carbocycles. The van der Waals surface area contributed by atoms with Crippen LogP contribution in [0, 0.1) is 0 Å². The first-order valence-electron chi connectivity index (χ1n) is 11.9. The second-order valence-corrected chi connectivity index (χ2v) is 9.31. The smallest absolute Gasteiger partial charge is 0.318 e. The fraction of sp³-hybridized carbons (Fsp3) is 0.583. The number of aromatic nitrogens is 3. The number of fused-ring (bicyclic) bond motifs is 1. The summed E-state index contributed by atoms with van der Waals surface area (Å²) >= 11 is 0. The molecule has 0 spiro atoms. The molecule has 0 radical (unpaired) electrons. The quantitative estimate of drug-likeness (QED) is 0.779. The van der Waals surface area contributed by atoms with Gasteiger partial charge in [-0.3, -0.25) is 4.79 Å². The maximum atomic E-state index is 12.9. The highest BCUT2D eigenvalue weighted by molar-refractivity contribution is 5.78. The Labute approximate surface area is 189 Å². The summed E-state index contributed by atoms with van der Waals surface area (Å²) in [5.41, 5.74) is 2.17. The molecule has 170 valence electrons. The average Bonchev–Trinajstić information content (AvgIpc) is 3.55. The van der Waals surface area contributed by atoms with Crippen molar-refractivity contribution in [2.75, 3.05) is 13.1 Å². The standard InChI is InChI=1S/C24H32N6O2/c1-17-22-26-27-23(20-5-2-3-6-20)30(22)14-13-29(17)24(32)25-15-18-8-10-19(11-9-18)16-28-12-4-7-21(28)31/h8-11,17,20H,2-7,12-16H2,1H3,(H,25,32). The second kappa shape index (κ2) is 8.92. The van der Waals surface area contributed by atoms with Crippen molar-refractivity contribution in [3.63, 3.8) is 0 Å². The molecule has 5 rings (SSSR count). The predicted molar refractivity (Wildman–Crippen MR) is 120 cm³/mol. The summed E-state index contributed by atoms with van der Waals surface area (Å²) in [5.74, 6) is 2.77. The zero-order valence-electron chi connectivity index (χ0n) is 18.8. The van der Waals surface area contributed by atoms with Gasteiger partial charge in [-0.05, 0) is 37.3 Å². The Balaban J connectivity index is 1.16. The van der Waals surface area contributed by atoms with E-state index in [-0.39, 0.29) is 18.0 Å². The van der Waals surface area contributed by atoms with E-state index in [1.165, 1.54) is 25.7 Å². The molecule has 8 nitrogen and oxygen atoms in total. The number of hydrogen-bond acceptors (Lipinski definition) is 4. The number of hydrogen-bond donors (Lipinski definition) is 1. The van der Waals surface area contributed by atoms with Crippen LogP contribution in [0.1, 0.15) is 80.2 Å².